The molecule has 19 heavy (non-hydrogen) atoms. The highest BCUT2D eigenvalue weighted by atomic mass is 14.9. The molecule has 0 aromatic heterocycles. The van der Waals surface area contributed by atoms with Gasteiger partial charge < -0.3 is 5.32 Å². The monoisotopic (exact) mass is 259 g/mol. The van der Waals surface area contributed by atoms with Crippen LogP contribution in [0.5, 0.6) is 0 Å². The van der Waals surface area contributed by atoms with Crippen LogP contribution < -0.4 is 5.32 Å². The average molecular weight is 259 g/mol. The zero-order valence-corrected chi connectivity index (χ0v) is 12.8. The van der Waals surface area contributed by atoms with E-state index in [1.54, 1.807) is 0 Å². The van der Waals surface area contributed by atoms with Crippen molar-refractivity contribution in [3.05, 3.63) is 35.9 Å². The molecule has 1 aliphatic carbocycles. The topological polar surface area (TPSA) is 12.0 Å². The van der Waals surface area contributed by atoms with Gasteiger partial charge in [0.1, 0.15) is 0 Å². The Morgan fingerprint density at radius 3 is 2.26 bits per heavy atom. The van der Waals surface area contributed by atoms with Gasteiger partial charge in [-0.15, -0.1) is 0 Å². The van der Waals surface area contributed by atoms with Gasteiger partial charge >= 0.3 is 0 Å². The van der Waals surface area contributed by atoms with Gasteiger partial charge in [0.2, 0.25) is 0 Å². The number of hydrogen-bond donors (Lipinski definition) is 1. The summed E-state index contributed by atoms with van der Waals surface area (Å²) in [7, 11) is 2.14. The Labute approximate surface area is 118 Å². The largest absolute Gasteiger partial charge is 0.316 e. The Morgan fingerprint density at radius 2 is 1.79 bits per heavy atom. The van der Waals surface area contributed by atoms with Crippen LogP contribution in [0.3, 0.4) is 0 Å². The fourth-order valence-electron chi connectivity index (χ4n) is 3.63. The molecule has 0 spiro atoms. The summed E-state index contributed by atoms with van der Waals surface area (Å²) in [5, 5.41) is 3.63. The summed E-state index contributed by atoms with van der Waals surface area (Å²) in [6.07, 6.45) is 8.07. The lowest BCUT2D eigenvalue weighted by Crippen LogP contribution is -2.46. The van der Waals surface area contributed by atoms with Crippen LogP contribution in [0, 0.1) is 5.92 Å². The van der Waals surface area contributed by atoms with Crippen LogP contribution in [0.1, 0.15) is 57.9 Å². The molecule has 0 bridgehead atoms. The molecular formula is C18H29N. The molecule has 1 aromatic carbocycles. The Kier molecular flexibility index (Phi) is 5.04. The van der Waals surface area contributed by atoms with Crippen molar-refractivity contribution in [1.82, 2.24) is 5.32 Å². The van der Waals surface area contributed by atoms with E-state index >= 15 is 0 Å². The molecular weight excluding hydrogens is 230 g/mol. The molecule has 1 aliphatic rings. The van der Waals surface area contributed by atoms with Gasteiger partial charge in [-0.3, -0.25) is 0 Å². The molecule has 0 saturated heterocycles. The van der Waals surface area contributed by atoms with Gasteiger partial charge in [-0.1, -0.05) is 57.0 Å². The second kappa shape index (κ2) is 6.56. The normalized spacial score (nSPS) is 17.4. The van der Waals surface area contributed by atoms with Crippen LogP contribution in [0.25, 0.3) is 0 Å². The van der Waals surface area contributed by atoms with Crippen molar-refractivity contribution in [3.8, 4) is 0 Å². The first-order valence-electron chi connectivity index (χ1n) is 7.99. The fourth-order valence-corrected chi connectivity index (χ4v) is 3.63. The summed E-state index contributed by atoms with van der Waals surface area (Å²) in [6.45, 7) is 4.69. The van der Waals surface area contributed by atoms with Crippen LogP contribution in [0.4, 0.5) is 0 Å². The maximum absolute atomic E-state index is 3.63. The van der Waals surface area contributed by atoms with Crippen molar-refractivity contribution in [2.45, 2.75) is 63.8 Å². The second-order valence-corrected chi connectivity index (χ2v) is 6.09. The van der Waals surface area contributed by atoms with Crippen LogP contribution in [-0.4, -0.2) is 13.1 Å². The van der Waals surface area contributed by atoms with E-state index in [0.29, 0.717) is 11.5 Å². The Balaban J connectivity index is 2.19. The molecule has 106 valence electrons. The molecule has 1 fully saturated rings. The van der Waals surface area contributed by atoms with E-state index in [1.807, 2.05) is 0 Å². The fraction of sp³-hybridized carbons (Fsp3) is 0.667. The number of benzene rings is 1. The molecule has 1 saturated carbocycles. The smallest absolute Gasteiger partial charge is 0.0161 e. The Morgan fingerprint density at radius 1 is 1.16 bits per heavy atom. The standard InChI is InChI=1S/C18H29N/c1-4-18(5-2,16-9-7-6-8-10-16)17(19-3)14-13-15-11-12-15/h6-10,15,17,19H,4-5,11-14H2,1-3H3. The molecule has 1 heteroatoms. The maximum Gasteiger partial charge on any atom is 0.0161 e. The third kappa shape index (κ3) is 3.20. The van der Waals surface area contributed by atoms with Gasteiger partial charge in [0, 0.05) is 11.5 Å². The van der Waals surface area contributed by atoms with E-state index in [0.717, 1.165) is 5.92 Å². The van der Waals surface area contributed by atoms with E-state index in [9.17, 15) is 0 Å². The van der Waals surface area contributed by atoms with Crippen LogP contribution in [0.2, 0.25) is 0 Å². The predicted molar refractivity (Wildman–Crippen MR) is 83.5 cm³/mol. The lowest BCUT2D eigenvalue weighted by molar-refractivity contribution is 0.263. The molecule has 0 radical (unpaired) electrons. The van der Waals surface area contributed by atoms with Crippen LogP contribution >= 0.6 is 0 Å². The second-order valence-electron chi connectivity index (χ2n) is 6.09. The van der Waals surface area contributed by atoms with E-state index in [1.165, 1.54) is 44.1 Å². The molecule has 1 unspecified atom stereocenters. The average Bonchev–Trinajstić information content (AvgIpc) is 3.29. The summed E-state index contributed by atoms with van der Waals surface area (Å²) >= 11 is 0. The lowest BCUT2D eigenvalue weighted by Gasteiger charge is -2.40. The third-order valence-electron chi connectivity index (χ3n) is 5.19. The van der Waals surface area contributed by atoms with E-state index < -0.39 is 0 Å². The molecule has 1 N–H and O–H groups in total. The Bertz CT molecular complexity index is 363. The first kappa shape index (κ1) is 14.6. The van der Waals surface area contributed by atoms with Crippen LogP contribution in [-0.2, 0) is 5.41 Å². The maximum atomic E-state index is 3.63. The summed E-state index contributed by atoms with van der Waals surface area (Å²) in [5.74, 6) is 1.03. The number of hydrogen-bond acceptors (Lipinski definition) is 1. The molecule has 0 amide bonds. The molecule has 0 heterocycles. The highest BCUT2D eigenvalue weighted by Gasteiger charge is 2.37. The van der Waals surface area contributed by atoms with Gasteiger partial charge in [-0.2, -0.15) is 0 Å². The first-order valence-corrected chi connectivity index (χ1v) is 7.99. The van der Waals surface area contributed by atoms with Crippen molar-refractivity contribution in [1.29, 1.82) is 0 Å². The summed E-state index contributed by atoms with van der Waals surface area (Å²) in [6, 6.07) is 11.7. The zero-order chi connectivity index (χ0) is 13.7. The van der Waals surface area contributed by atoms with Gasteiger partial charge in [-0.05, 0) is 44.2 Å². The van der Waals surface area contributed by atoms with Gasteiger partial charge in [0.05, 0.1) is 0 Å². The minimum atomic E-state index is 0.297. The van der Waals surface area contributed by atoms with E-state index in [-0.39, 0.29) is 0 Å². The number of rotatable bonds is 8. The highest BCUT2D eigenvalue weighted by Crippen LogP contribution is 2.40. The SMILES string of the molecule is CCC(CC)(c1ccccc1)C(CCC1CC1)NC. The van der Waals surface area contributed by atoms with E-state index in [2.05, 4.69) is 56.5 Å². The van der Waals surface area contributed by atoms with Crippen molar-refractivity contribution in [2.24, 2.45) is 5.92 Å². The predicted octanol–water partition coefficient (Wildman–Crippen LogP) is 4.52. The third-order valence-corrected chi connectivity index (χ3v) is 5.19. The van der Waals surface area contributed by atoms with Gasteiger partial charge in [0.15, 0.2) is 0 Å². The van der Waals surface area contributed by atoms with Gasteiger partial charge in [-0.25, -0.2) is 0 Å². The van der Waals surface area contributed by atoms with Crippen LogP contribution in [0.15, 0.2) is 30.3 Å². The first-order chi connectivity index (χ1) is 9.26. The van der Waals surface area contributed by atoms with Crippen molar-refractivity contribution >= 4 is 0 Å². The van der Waals surface area contributed by atoms with E-state index in [4.69, 9.17) is 0 Å². The van der Waals surface area contributed by atoms with Gasteiger partial charge in [0.25, 0.3) is 0 Å². The molecule has 2 rings (SSSR count). The minimum Gasteiger partial charge on any atom is -0.316 e. The van der Waals surface area contributed by atoms with Crippen molar-refractivity contribution in [3.63, 3.8) is 0 Å². The zero-order valence-electron chi connectivity index (χ0n) is 12.8. The van der Waals surface area contributed by atoms with Crippen molar-refractivity contribution < 1.29 is 0 Å². The summed E-state index contributed by atoms with van der Waals surface area (Å²) in [5.41, 5.74) is 1.81. The molecule has 0 aliphatic heterocycles. The number of nitrogens with one attached hydrogen (secondary N) is 1. The number of likely N-dealkylation sites (N-methyl/N-ethyl adjacent to an activating group) is 1. The lowest BCUT2D eigenvalue weighted by atomic mass is 9.68. The minimum absolute atomic E-state index is 0.297. The quantitative estimate of drug-likeness (QED) is 0.723. The van der Waals surface area contributed by atoms with Crippen molar-refractivity contribution in [2.75, 3.05) is 7.05 Å². The highest BCUT2D eigenvalue weighted by molar-refractivity contribution is 5.27. The summed E-state index contributed by atoms with van der Waals surface area (Å²) in [4.78, 5) is 0. The Hall–Kier alpha value is -0.820. The summed E-state index contributed by atoms with van der Waals surface area (Å²) < 4.78 is 0. The molecule has 1 aromatic rings. The molecule has 1 nitrogen and oxygen atoms in total. The molecule has 1 atom stereocenters.